The Hall–Kier alpha value is -1.16. The second kappa shape index (κ2) is 32.1. The molecule has 0 bridgehead atoms. The maximum Gasteiger partial charge on any atom is 0.168 e. The van der Waals surface area contributed by atoms with Gasteiger partial charge in [-0.05, 0) is 97.9 Å². The summed E-state index contributed by atoms with van der Waals surface area (Å²) in [6, 6.07) is 0.536. The third kappa shape index (κ3) is 26.4. The molecular formula is C44H81NO2. The smallest absolute Gasteiger partial charge is 0.168 e. The average molecular weight is 656 g/mol. The molecule has 0 aromatic heterocycles. The monoisotopic (exact) mass is 656 g/mol. The van der Waals surface area contributed by atoms with E-state index in [0.717, 1.165) is 38.8 Å². The molecule has 47 heavy (non-hydrogen) atoms. The fraction of sp³-hybridized carbons (Fsp3) is 0.818. The molecular weight excluding hydrogens is 574 g/mol. The molecule has 3 heteroatoms. The molecule has 1 aliphatic rings. The normalized spacial score (nSPS) is 17.0. The first-order chi connectivity index (χ1) is 23.0. The molecule has 1 saturated heterocycles. The quantitative estimate of drug-likeness (QED) is 0.0519. The molecule has 0 radical (unpaired) electrons. The minimum atomic E-state index is -0.340. The van der Waals surface area contributed by atoms with Crippen molar-refractivity contribution in [2.75, 3.05) is 20.2 Å². The molecule has 0 amide bonds. The highest BCUT2D eigenvalue weighted by Gasteiger charge is 2.40. The Balaban J connectivity index is 2.21. The van der Waals surface area contributed by atoms with E-state index in [4.69, 9.17) is 9.47 Å². The van der Waals surface area contributed by atoms with Crippen LogP contribution in [0.5, 0.6) is 0 Å². The van der Waals surface area contributed by atoms with Crippen LogP contribution in [0.25, 0.3) is 0 Å². The molecule has 1 unspecified atom stereocenters. The topological polar surface area (TPSA) is 21.7 Å². The Morgan fingerprint density at radius 2 is 0.936 bits per heavy atom. The van der Waals surface area contributed by atoms with Crippen molar-refractivity contribution in [3.8, 4) is 0 Å². The molecule has 1 aliphatic heterocycles. The van der Waals surface area contributed by atoms with Gasteiger partial charge in [-0.1, -0.05) is 140 Å². The highest BCUT2D eigenvalue weighted by atomic mass is 16.7. The summed E-state index contributed by atoms with van der Waals surface area (Å²) in [5.74, 6) is -0.340. The zero-order chi connectivity index (χ0) is 34.1. The van der Waals surface area contributed by atoms with Gasteiger partial charge in [0.15, 0.2) is 5.79 Å². The van der Waals surface area contributed by atoms with Crippen molar-refractivity contribution in [2.24, 2.45) is 0 Å². The summed E-state index contributed by atoms with van der Waals surface area (Å²) in [4.78, 5) is 2.39. The largest absolute Gasteiger partial charge is 0.347 e. The summed E-state index contributed by atoms with van der Waals surface area (Å²) >= 11 is 0. The highest BCUT2D eigenvalue weighted by Crippen LogP contribution is 2.35. The molecule has 1 rings (SSSR count). The molecule has 0 spiro atoms. The fourth-order valence-corrected chi connectivity index (χ4v) is 6.39. The minimum absolute atomic E-state index is 0.205. The molecule has 0 N–H and O–H groups in total. The van der Waals surface area contributed by atoms with Gasteiger partial charge in [0, 0.05) is 25.4 Å². The lowest BCUT2D eigenvalue weighted by Crippen LogP contribution is -2.37. The van der Waals surface area contributed by atoms with Gasteiger partial charge in [-0.2, -0.15) is 0 Å². The van der Waals surface area contributed by atoms with Crippen LogP contribution in [-0.4, -0.2) is 43.0 Å². The van der Waals surface area contributed by atoms with Crippen molar-refractivity contribution < 1.29 is 9.47 Å². The van der Waals surface area contributed by atoms with E-state index in [1.165, 1.54) is 141 Å². The van der Waals surface area contributed by atoms with Crippen LogP contribution in [0, 0.1) is 0 Å². The van der Waals surface area contributed by atoms with Crippen LogP contribution in [-0.2, 0) is 9.47 Å². The van der Waals surface area contributed by atoms with Crippen LogP contribution in [0.1, 0.15) is 195 Å². The third-order valence-corrected chi connectivity index (χ3v) is 9.80. The molecule has 0 aromatic carbocycles. The summed E-state index contributed by atoms with van der Waals surface area (Å²) < 4.78 is 13.2. The predicted molar refractivity (Wildman–Crippen MR) is 209 cm³/mol. The maximum atomic E-state index is 6.73. The van der Waals surface area contributed by atoms with Gasteiger partial charge in [-0.3, -0.25) is 0 Å². The van der Waals surface area contributed by atoms with E-state index in [0.29, 0.717) is 6.04 Å². The molecule has 1 heterocycles. The number of likely N-dealkylation sites (N-methyl/N-ethyl adjacent to an activating group) is 1. The summed E-state index contributed by atoms with van der Waals surface area (Å²) in [5, 5.41) is 0. The van der Waals surface area contributed by atoms with Gasteiger partial charge in [0.2, 0.25) is 0 Å². The van der Waals surface area contributed by atoms with E-state index in [1.807, 2.05) is 0 Å². The first kappa shape index (κ1) is 43.9. The number of allylic oxidation sites excluding steroid dienone is 8. The predicted octanol–water partition coefficient (Wildman–Crippen LogP) is 13.8. The van der Waals surface area contributed by atoms with Gasteiger partial charge < -0.3 is 14.4 Å². The van der Waals surface area contributed by atoms with Crippen molar-refractivity contribution in [3.63, 3.8) is 0 Å². The second-order valence-electron chi connectivity index (χ2n) is 14.7. The van der Waals surface area contributed by atoms with Gasteiger partial charge in [-0.15, -0.1) is 0 Å². The van der Waals surface area contributed by atoms with Gasteiger partial charge in [0.25, 0.3) is 0 Å². The summed E-state index contributed by atoms with van der Waals surface area (Å²) in [7, 11) is 2.21. The molecule has 3 nitrogen and oxygen atoms in total. The summed E-state index contributed by atoms with van der Waals surface area (Å²) in [6.07, 6.45) is 52.1. The van der Waals surface area contributed by atoms with Crippen molar-refractivity contribution in [1.82, 2.24) is 4.90 Å². The minimum Gasteiger partial charge on any atom is -0.347 e. The molecule has 0 aromatic rings. The molecule has 0 saturated carbocycles. The first-order valence-electron chi connectivity index (χ1n) is 20.6. The molecule has 1 fully saturated rings. The van der Waals surface area contributed by atoms with Crippen molar-refractivity contribution >= 4 is 0 Å². The van der Waals surface area contributed by atoms with Crippen LogP contribution in [0.3, 0.4) is 0 Å². The lowest BCUT2D eigenvalue weighted by Gasteiger charge is -2.30. The van der Waals surface area contributed by atoms with E-state index in [-0.39, 0.29) is 11.9 Å². The maximum absolute atomic E-state index is 6.73. The summed E-state index contributed by atoms with van der Waals surface area (Å²) in [5.41, 5.74) is 0. The lowest BCUT2D eigenvalue weighted by molar-refractivity contribution is -0.180. The Morgan fingerprint density at radius 3 is 1.34 bits per heavy atom. The van der Waals surface area contributed by atoms with E-state index < -0.39 is 0 Å². The fourth-order valence-electron chi connectivity index (χ4n) is 6.39. The van der Waals surface area contributed by atoms with Crippen LogP contribution < -0.4 is 0 Å². The molecule has 0 aliphatic carbocycles. The van der Waals surface area contributed by atoms with Gasteiger partial charge in [0.1, 0.15) is 0 Å². The van der Waals surface area contributed by atoms with Gasteiger partial charge >= 0.3 is 0 Å². The van der Waals surface area contributed by atoms with Gasteiger partial charge in [-0.25, -0.2) is 0 Å². The van der Waals surface area contributed by atoms with Crippen LogP contribution in [0.15, 0.2) is 48.6 Å². The van der Waals surface area contributed by atoms with Crippen LogP contribution >= 0.6 is 0 Å². The zero-order valence-electron chi connectivity index (χ0n) is 32.3. The van der Waals surface area contributed by atoms with E-state index in [1.54, 1.807) is 0 Å². The van der Waals surface area contributed by atoms with Crippen LogP contribution in [0.4, 0.5) is 0 Å². The van der Waals surface area contributed by atoms with E-state index >= 15 is 0 Å². The number of ether oxygens (including phenoxy) is 2. The zero-order valence-corrected chi connectivity index (χ0v) is 32.3. The lowest BCUT2D eigenvalue weighted by atomic mass is 9.98. The molecule has 1 atom stereocenters. The third-order valence-electron chi connectivity index (χ3n) is 9.80. The number of hydrogen-bond donors (Lipinski definition) is 0. The summed E-state index contributed by atoms with van der Waals surface area (Å²) in [6.45, 7) is 10.8. The highest BCUT2D eigenvalue weighted by molar-refractivity contribution is 4.93. The second-order valence-corrected chi connectivity index (χ2v) is 14.7. The number of hydrogen-bond acceptors (Lipinski definition) is 3. The molecule has 274 valence electrons. The van der Waals surface area contributed by atoms with Crippen LogP contribution in [0.2, 0.25) is 0 Å². The van der Waals surface area contributed by atoms with E-state index in [2.05, 4.69) is 88.3 Å². The SMILES string of the molecule is CCCCC/C=C\C/C=C\CCCCCCCCC1(CCCCCCCC/C=C\C/C=C\CCCCC)OCC(CN(C)C(C)C)O1. The number of unbranched alkanes of at least 4 members (excludes halogenated alkanes) is 18. The van der Waals surface area contributed by atoms with Gasteiger partial charge in [0.05, 0.1) is 12.7 Å². The number of rotatable bonds is 33. The number of nitrogens with zero attached hydrogens (tertiary/aromatic N) is 1. The van der Waals surface area contributed by atoms with Crippen molar-refractivity contribution in [3.05, 3.63) is 48.6 Å². The Bertz CT molecular complexity index is 734. The first-order valence-corrected chi connectivity index (χ1v) is 20.6. The Kier molecular flexibility index (Phi) is 29.9. The Morgan fingerprint density at radius 1 is 0.553 bits per heavy atom. The van der Waals surface area contributed by atoms with E-state index in [9.17, 15) is 0 Å². The average Bonchev–Trinajstić information content (AvgIpc) is 3.46. The van der Waals surface area contributed by atoms with Crippen molar-refractivity contribution in [2.45, 2.75) is 213 Å². The standard InChI is InChI=1S/C44H81NO2/c1-6-8-10-12-14-16-18-20-22-24-26-28-30-32-34-36-38-44(46-41-43(47-44)40-45(5)42(3)4)39-37-35-33-31-29-27-25-23-21-19-17-15-13-11-9-7-2/h14-17,20-23,42-43H,6-13,18-19,24-41H2,1-5H3/b16-14-,17-15-,22-20-,23-21-. The Labute approximate surface area is 295 Å². The van der Waals surface area contributed by atoms with Crippen molar-refractivity contribution in [1.29, 1.82) is 0 Å².